The van der Waals surface area contributed by atoms with Crippen molar-refractivity contribution in [2.75, 3.05) is 0 Å². The molecule has 12 heteroatoms. The third-order valence-electron chi connectivity index (χ3n) is 5.14. The Morgan fingerprint density at radius 3 is 2.47 bits per heavy atom. The fourth-order valence-electron chi connectivity index (χ4n) is 3.58. The molecule has 1 aromatic carbocycles. The molecule has 2 aromatic rings. The minimum Gasteiger partial charge on any atom is -0.355 e. The number of hydrogen-bond donors (Lipinski definition) is 2. The van der Waals surface area contributed by atoms with E-state index in [0.29, 0.717) is 12.1 Å². The standard InChI is InChI=1S/C22H15F7N4O/c23-14-11-12(21(24,25)26)7-8-13(14)19-31-17(16-6-2-4-10-33(16)19)20(34)32-18(22(27,28)29)15-5-1-3-9-30-15/h1-11,18-19,31H,(H,32,34). The smallest absolute Gasteiger partial charge is 0.355 e. The molecule has 0 bridgehead atoms. The quantitative estimate of drug-likeness (QED) is 0.609. The highest BCUT2D eigenvalue weighted by Gasteiger charge is 2.45. The molecular formula is C22H15F7N4O. The van der Waals surface area contributed by atoms with Crippen molar-refractivity contribution in [3.63, 3.8) is 0 Å². The first-order valence-electron chi connectivity index (χ1n) is 9.76. The van der Waals surface area contributed by atoms with Gasteiger partial charge in [0.1, 0.15) is 17.7 Å². The van der Waals surface area contributed by atoms with Crippen LogP contribution < -0.4 is 10.6 Å². The Morgan fingerprint density at radius 1 is 1.09 bits per heavy atom. The molecule has 4 rings (SSSR count). The van der Waals surface area contributed by atoms with Crippen LogP contribution in [0.3, 0.4) is 0 Å². The summed E-state index contributed by atoms with van der Waals surface area (Å²) in [5.41, 5.74) is -2.06. The molecule has 2 unspecified atom stereocenters. The number of aromatic nitrogens is 1. The average Bonchev–Trinajstić information content (AvgIpc) is 3.16. The first-order valence-corrected chi connectivity index (χ1v) is 9.76. The molecular weight excluding hydrogens is 469 g/mol. The first-order chi connectivity index (χ1) is 16.0. The molecule has 34 heavy (non-hydrogen) atoms. The van der Waals surface area contributed by atoms with Gasteiger partial charge in [0.05, 0.1) is 17.0 Å². The molecule has 2 N–H and O–H groups in total. The van der Waals surface area contributed by atoms with Crippen molar-refractivity contribution < 1.29 is 35.5 Å². The Bertz CT molecular complexity index is 1190. The fourth-order valence-corrected chi connectivity index (χ4v) is 3.58. The highest BCUT2D eigenvalue weighted by Crippen LogP contribution is 2.38. The monoisotopic (exact) mass is 484 g/mol. The lowest BCUT2D eigenvalue weighted by Gasteiger charge is -2.26. The Morgan fingerprint density at radius 2 is 1.85 bits per heavy atom. The van der Waals surface area contributed by atoms with Gasteiger partial charge in [-0.05, 0) is 36.4 Å². The van der Waals surface area contributed by atoms with Crippen molar-refractivity contribution in [3.05, 3.63) is 101 Å². The normalized spacial score (nSPS) is 18.6. The van der Waals surface area contributed by atoms with Gasteiger partial charge in [-0.2, -0.15) is 26.3 Å². The Kier molecular flexibility index (Phi) is 5.84. The lowest BCUT2D eigenvalue weighted by molar-refractivity contribution is -0.163. The topological polar surface area (TPSA) is 57.3 Å². The predicted octanol–water partition coefficient (Wildman–Crippen LogP) is 4.86. The third kappa shape index (κ3) is 4.47. The average molecular weight is 484 g/mol. The van der Waals surface area contributed by atoms with Gasteiger partial charge >= 0.3 is 12.4 Å². The van der Waals surface area contributed by atoms with E-state index in [4.69, 9.17) is 0 Å². The van der Waals surface area contributed by atoms with Crippen LogP contribution in [0.2, 0.25) is 0 Å². The number of halogens is 7. The van der Waals surface area contributed by atoms with Crippen LogP contribution in [0.5, 0.6) is 0 Å². The maximum absolute atomic E-state index is 14.6. The van der Waals surface area contributed by atoms with E-state index in [9.17, 15) is 35.5 Å². The number of fused-ring (bicyclic) bond motifs is 1. The van der Waals surface area contributed by atoms with Gasteiger partial charge in [-0.3, -0.25) is 9.78 Å². The van der Waals surface area contributed by atoms with Crippen molar-refractivity contribution >= 4 is 5.91 Å². The molecule has 1 amide bonds. The van der Waals surface area contributed by atoms with Gasteiger partial charge in [0.25, 0.3) is 5.91 Å². The van der Waals surface area contributed by atoms with Gasteiger partial charge in [-0.25, -0.2) is 4.39 Å². The SMILES string of the molecule is O=C(NC(c1ccccn1)C(F)(F)F)C1=C2C=CC=CN2C(c2ccc(C(F)(F)F)cc2F)N1. The number of nitrogens with zero attached hydrogens (tertiary/aromatic N) is 2. The van der Waals surface area contributed by atoms with Crippen LogP contribution in [0.25, 0.3) is 0 Å². The summed E-state index contributed by atoms with van der Waals surface area (Å²) in [7, 11) is 0. The number of nitrogens with one attached hydrogen (secondary N) is 2. The van der Waals surface area contributed by atoms with E-state index >= 15 is 0 Å². The van der Waals surface area contributed by atoms with E-state index in [1.54, 1.807) is 0 Å². The molecule has 2 atom stereocenters. The van der Waals surface area contributed by atoms with Crippen molar-refractivity contribution in [1.82, 2.24) is 20.5 Å². The van der Waals surface area contributed by atoms with E-state index in [2.05, 4.69) is 10.3 Å². The zero-order chi connectivity index (χ0) is 24.7. The number of carbonyl (C=O) groups excluding carboxylic acids is 1. The van der Waals surface area contributed by atoms with Gasteiger partial charge in [-0.1, -0.05) is 18.2 Å². The molecule has 2 aliphatic heterocycles. The molecule has 1 aromatic heterocycles. The predicted molar refractivity (Wildman–Crippen MR) is 106 cm³/mol. The summed E-state index contributed by atoms with van der Waals surface area (Å²) in [5.74, 6) is -2.35. The maximum Gasteiger partial charge on any atom is 0.416 e. The zero-order valence-corrected chi connectivity index (χ0v) is 17.0. The lowest BCUT2D eigenvalue weighted by Crippen LogP contribution is -2.41. The van der Waals surface area contributed by atoms with Crippen molar-refractivity contribution in [2.45, 2.75) is 24.6 Å². The Hall–Kier alpha value is -3.83. The number of benzene rings is 1. The highest BCUT2D eigenvalue weighted by molar-refractivity contribution is 5.95. The van der Waals surface area contributed by atoms with E-state index in [0.717, 1.165) is 18.3 Å². The molecule has 0 spiro atoms. The van der Waals surface area contributed by atoms with Gasteiger partial charge in [0, 0.05) is 18.0 Å². The number of amides is 1. The summed E-state index contributed by atoms with van der Waals surface area (Å²) in [6.07, 6.45) is -3.79. The van der Waals surface area contributed by atoms with Crippen LogP contribution in [-0.4, -0.2) is 22.0 Å². The molecule has 0 saturated heterocycles. The number of alkyl halides is 6. The summed E-state index contributed by atoms with van der Waals surface area (Å²) in [4.78, 5) is 17.9. The summed E-state index contributed by atoms with van der Waals surface area (Å²) in [6, 6.07) is 3.35. The molecule has 3 heterocycles. The summed E-state index contributed by atoms with van der Waals surface area (Å²) >= 11 is 0. The third-order valence-corrected chi connectivity index (χ3v) is 5.14. The molecule has 0 aliphatic carbocycles. The van der Waals surface area contributed by atoms with E-state index in [1.807, 2.05) is 5.32 Å². The molecule has 0 saturated carbocycles. The summed E-state index contributed by atoms with van der Waals surface area (Å²) < 4.78 is 94.3. The lowest BCUT2D eigenvalue weighted by atomic mass is 10.1. The maximum atomic E-state index is 14.6. The highest BCUT2D eigenvalue weighted by atomic mass is 19.4. The zero-order valence-electron chi connectivity index (χ0n) is 17.0. The van der Waals surface area contributed by atoms with Gasteiger partial charge in [0.2, 0.25) is 0 Å². The van der Waals surface area contributed by atoms with Crippen molar-refractivity contribution in [3.8, 4) is 0 Å². The van der Waals surface area contributed by atoms with Crippen molar-refractivity contribution in [2.24, 2.45) is 0 Å². The number of pyridine rings is 1. The van der Waals surface area contributed by atoms with Crippen LogP contribution >= 0.6 is 0 Å². The Labute approximate surface area is 188 Å². The number of carbonyl (C=O) groups is 1. The second-order valence-corrected chi connectivity index (χ2v) is 7.35. The molecule has 0 fully saturated rings. The van der Waals surface area contributed by atoms with Crippen LogP contribution in [0.1, 0.15) is 29.0 Å². The van der Waals surface area contributed by atoms with Crippen LogP contribution in [0.15, 0.2) is 78.4 Å². The minimum absolute atomic E-state index is 0.117. The second kappa shape index (κ2) is 8.50. The van der Waals surface area contributed by atoms with Crippen LogP contribution in [-0.2, 0) is 11.0 Å². The fraction of sp³-hybridized carbons (Fsp3) is 0.182. The van der Waals surface area contributed by atoms with Crippen LogP contribution in [0, 0.1) is 5.82 Å². The van der Waals surface area contributed by atoms with E-state index in [1.165, 1.54) is 41.5 Å². The summed E-state index contributed by atoms with van der Waals surface area (Å²) in [5, 5.41) is 4.53. The van der Waals surface area contributed by atoms with Crippen molar-refractivity contribution in [1.29, 1.82) is 0 Å². The van der Waals surface area contributed by atoms with E-state index < -0.39 is 47.5 Å². The second-order valence-electron chi connectivity index (χ2n) is 7.35. The molecule has 5 nitrogen and oxygen atoms in total. The number of hydrogen-bond acceptors (Lipinski definition) is 4. The number of allylic oxidation sites excluding steroid dienone is 3. The van der Waals surface area contributed by atoms with Crippen LogP contribution in [0.4, 0.5) is 30.7 Å². The van der Waals surface area contributed by atoms with Gasteiger partial charge in [-0.15, -0.1) is 0 Å². The van der Waals surface area contributed by atoms with E-state index in [-0.39, 0.29) is 17.0 Å². The largest absolute Gasteiger partial charge is 0.416 e. The molecule has 2 aliphatic rings. The first kappa shape index (κ1) is 23.3. The summed E-state index contributed by atoms with van der Waals surface area (Å²) in [6.45, 7) is 0. The van der Waals surface area contributed by atoms with Gasteiger partial charge in [0.15, 0.2) is 6.04 Å². The molecule has 0 radical (unpaired) electrons. The molecule has 178 valence electrons. The minimum atomic E-state index is -4.87. The van der Waals surface area contributed by atoms with Gasteiger partial charge < -0.3 is 15.5 Å². The Balaban J connectivity index is 1.65. The number of rotatable bonds is 4.